The number of benzene rings is 1. The van der Waals surface area contributed by atoms with Gasteiger partial charge in [0.15, 0.2) is 11.6 Å². The second-order valence-electron chi connectivity index (χ2n) is 6.98. The minimum atomic E-state index is -0.464. The molecule has 2 atom stereocenters. The van der Waals surface area contributed by atoms with E-state index in [2.05, 4.69) is 15.3 Å². The van der Waals surface area contributed by atoms with Gasteiger partial charge in [-0.1, -0.05) is 0 Å². The van der Waals surface area contributed by atoms with Crippen LogP contribution in [0.15, 0.2) is 30.6 Å². The van der Waals surface area contributed by atoms with Crippen LogP contribution in [0.5, 0.6) is 11.6 Å². The number of rotatable bonds is 5. The minimum Gasteiger partial charge on any atom is -0.494 e. The maximum absolute atomic E-state index is 14.2. The number of aromatic nitrogens is 3. The van der Waals surface area contributed by atoms with E-state index < -0.39 is 5.82 Å². The lowest BCUT2D eigenvalue weighted by atomic mass is 10.0. The Balaban J connectivity index is 1.73. The monoisotopic (exact) mass is 384 g/mol. The molecule has 0 bridgehead atoms. The summed E-state index contributed by atoms with van der Waals surface area (Å²) in [6.07, 6.45) is 1.90. The highest BCUT2D eigenvalue weighted by Gasteiger charge is 2.29. The minimum absolute atomic E-state index is 0.0292. The molecule has 2 aromatic heterocycles. The molecule has 1 N–H and O–H groups in total. The van der Waals surface area contributed by atoms with Gasteiger partial charge in [0.05, 0.1) is 24.6 Å². The van der Waals surface area contributed by atoms with Crippen LogP contribution in [0.1, 0.15) is 13.3 Å². The Hall–Kier alpha value is -3.16. The molecular formula is C20H21FN4O3. The van der Waals surface area contributed by atoms with E-state index in [-0.39, 0.29) is 23.7 Å². The molecule has 146 valence electrons. The number of hydrogen-bond acceptors (Lipinski definition) is 5. The van der Waals surface area contributed by atoms with Gasteiger partial charge in [-0.05, 0) is 31.2 Å². The SMILES string of the molecule is COc1ccc(-c2cc3ncn(C)c3c(OC(C)C3CNC(=O)C3)n2)cc1F. The van der Waals surface area contributed by atoms with Crippen molar-refractivity contribution in [1.29, 1.82) is 0 Å². The number of fused-ring (bicyclic) bond motifs is 1. The number of imidazole rings is 1. The van der Waals surface area contributed by atoms with Crippen molar-refractivity contribution >= 4 is 16.9 Å². The van der Waals surface area contributed by atoms with Crippen molar-refractivity contribution in [3.63, 3.8) is 0 Å². The molecule has 28 heavy (non-hydrogen) atoms. The molecule has 0 spiro atoms. The van der Waals surface area contributed by atoms with E-state index in [1.54, 1.807) is 24.5 Å². The van der Waals surface area contributed by atoms with Crippen LogP contribution in [0.4, 0.5) is 4.39 Å². The lowest BCUT2D eigenvalue weighted by Crippen LogP contribution is -2.26. The Bertz CT molecular complexity index is 1050. The summed E-state index contributed by atoms with van der Waals surface area (Å²) in [4.78, 5) is 20.5. The third-order valence-corrected chi connectivity index (χ3v) is 5.08. The number of halogens is 1. The maximum Gasteiger partial charge on any atom is 0.241 e. The van der Waals surface area contributed by atoms with Crippen LogP contribution in [-0.2, 0) is 11.8 Å². The van der Waals surface area contributed by atoms with Crippen LogP contribution < -0.4 is 14.8 Å². The first-order valence-electron chi connectivity index (χ1n) is 9.05. The number of hydrogen-bond donors (Lipinski definition) is 1. The Morgan fingerprint density at radius 2 is 2.18 bits per heavy atom. The second-order valence-corrected chi connectivity index (χ2v) is 6.98. The molecule has 2 unspecified atom stereocenters. The first kappa shape index (κ1) is 18.2. The standard InChI is InChI=1S/C20H21FN4O3/c1-11(13-7-18(26)22-9-13)28-20-19-16(23-10-25(19)2)8-15(24-20)12-4-5-17(27-3)14(21)6-12/h4-6,8,10-11,13H,7,9H2,1-3H3,(H,22,26). The molecule has 1 aliphatic heterocycles. The fraction of sp³-hybridized carbons (Fsp3) is 0.350. The molecule has 1 aliphatic rings. The molecule has 3 aromatic rings. The van der Waals surface area contributed by atoms with Gasteiger partial charge in [0, 0.05) is 31.5 Å². The average Bonchev–Trinajstić information content (AvgIpc) is 3.27. The second kappa shape index (κ2) is 7.10. The summed E-state index contributed by atoms with van der Waals surface area (Å²) in [6, 6.07) is 6.48. The molecule has 1 aromatic carbocycles. The van der Waals surface area contributed by atoms with Crippen molar-refractivity contribution in [1.82, 2.24) is 19.9 Å². The topological polar surface area (TPSA) is 78.3 Å². The predicted octanol–water partition coefficient (Wildman–Crippen LogP) is 2.69. The quantitative estimate of drug-likeness (QED) is 0.732. The van der Waals surface area contributed by atoms with Crippen molar-refractivity contribution < 1.29 is 18.7 Å². The van der Waals surface area contributed by atoms with Crippen molar-refractivity contribution in [2.75, 3.05) is 13.7 Å². The van der Waals surface area contributed by atoms with Gasteiger partial charge >= 0.3 is 0 Å². The number of ether oxygens (including phenoxy) is 2. The Kier molecular flexibility index (Phi) is 4.62. The Morgan fingerprint density at radius 1 is 1.36 bits per heavy atom. The largest absolute Gasteiger partial charge is 0.494 e. The summed E-state index contributed by atoms with van der Waals surface area (Å²) < 4.78 is 27.1. The first-order valence-corrected chi connectivity index (χ1v) is 9.05. The Labute approximate surface area is 161 Å². The van der Waals surface area contributed by atoms with E-state index in [0.29, 0.717) is 35.6 Å². The van der Waals surface area contributed by atoms with Gasteiger partial charge in [0.1, 0.15) is 11.6 Å². The first-order chi connectivity index (χ1) is 13.5. The van der Waals surface area contributed by atoms with Gasteiger partial charge < -0.3 is 19.4 Å². The lowest BCUT2D eigenvalue weighted by Gasteiger charge is -2.20. The molecule has 4 rings (SSSR count). The summed E-state index contributed by atoms with van der Waals surface area (Å²) in [5.41, 5.74) is 2.60. The fourth-order valence-electron chi connectivity index (χ4n) is 3.43. The molecule has 3 heterocycles. The summed E-state index contributed by atoms with van der Waals surface area (Å²) >= 11 is 0. The van der Waals surface area contributed by atoms with Crippen LogP contribution in [0.2, 0.25) is 0 Å². The molecule has 8 heteroatoms. The lowest BCUT2D eigenvalue weighted by molar-refractivity contribution is -0.119. The number of nitrogens with one attached hydrogen (secondary N) is 1. The number of amides is 1. The zero-order valence-corrected chi connectivity index (χ0v) is 15.9. The molecule has 0 saturated carbocycles. The average molecular weight is 384 g/mol. The molecule has 1 amide bonds. The van der Waals surface area contributed by atoms with Gasteiger partial charge in [-0.25, -0.2) is 14.4 Å². The number of pyridine rings is 1. The number of carbonyl (C=O) groups excluding carboxylic acids is 1. The highest BCUT2D eigenvalue weighted by Crippen LogP contribution is 2.32. The van der Waals surface area contributed by atoms with Crippen LogP contribution in [0.25, 0.3) is 22.3 Å². The molecule has 0 aliphatic carbocycles. The summed E-state index contributed by atoms with van der Waals surface area (Å²) in [6.45, 7) is 2.51. The zero-order valence-electron chi connectivity index (χ0n) is 15.9. The molecular weight excluding hydrogens is 363 g/mol. The number of methoxy groups -OCH3 is 1. The highest BCUT2D eigenvalue weighted by molar-refractivity contribution is 5.84. The Morgan fingerprint density at radius 3 is 2.86 bits per heavy atom. The van der Waals surface area contributed by atoms with Crippen LogP contribution >= 0.6 is 0 Å². The van der Waals surface area contributed by atoms with E-state index >= 15 is 0 Å². The van der Waals surface area contributed by atoms with Gasteiger partial charge in [0.25, 0.3) is 0 Å². The number of carbonyl (C=O) groups is 1. The smallest absolute Gasteiger partial charge is 0.241 e. The fourth-order valence-corrected chi connectivity index (χ4v) is 3.43. The highest BCUT2D eigenvalue weighted by atomic mass is 19.1. The van der Waals surface area contributed by atoms with E-state index in [0.717, 1.165) is 5.52 Å². The van der Waals surface area contributed by atoms with Crippen molar-refractivity contribution in [3.8, 4) is 22.9 Å². The number of aryl methyl sites for hydroxylation is 1. The van der Waals surface area contributed by atoms with Gasteiger partial charge in [-0.15, -0.1) is 0 Å². The number of nitrogens with zero attached hydrogens (tertiary/aromatic N) is 3. The van der Waals surface area contributed by atoms with Crippen LogP contribution in [0, 0.1) is 11.7 Å². The molecule has 0 radical (unpaired) electrons. The van der Waals surface area contributed by atoms with Crippen LogP contribution in [0.3, 0.4) is 0 Å². The maximum atomic E-state index is 14.2. The van der Waals surface area contributed by atoms with Crippen molar-refractivity contribution in [3.05, 3.63) is 36.4 Å². The zero-order chi connectivity index (χ0) is 19.8. The van der Waals surface area contributed by atoms with Gasteiger partial charge in [0.2, 0.25) is 11.8 Å². The van der Waals surface area contributed by atoms with E-state index in [1.165, 1.54) is 13.2 Å². The van der Waals surface area contributed by atoms with Crippen molar-refractivity contribution in [2.45, 2.75) is 19.4 Å². The molecule has 1 fully saturated rings. The van der Waals surface area contributed by atoms with Crippen LogP contribution in [-0.4, -0.2) is 40.2 Å². The molecule has 7 nitrogen and oxygen atoms in total. The summed E-state index contributed by atoms with van der Waals surface area (Å²) in [5.74, 6) is 0.220. The summed E-state index contributed by atoms with van der Waals surface area (Å²) in [7, 11) is 3.29. The van der Waals surface area contributed by atoms with Gasteiger partial charge in [-0.3, -0.25) is 4.79 Å². The predicted molar refractivity (Wildman–Crippen MR) is 102 cm³/mol. The van der Waals surface area contributed by atoms with Crippen molar-refractivity contribution in [2.24, 2.45) is 13.0 Å². The van der Waals surface area contributed by atoms with E-state index in [1.807, 2.05) is 18.5 Å². The summed E-state index contributed by atoms with van der Waals surface area (Å²) in [5, 5.41) is 2.82. The van der Waals surface area contributed by atoms with Gasteiger partial charge in [-0.2, -0.15) is 0 Å². The molecule has 1 saturated heterocycles. The third-order valence-electron chi connectivity index (χ3n) is 5.08. The normalized spacial score (nSPS) is 17.6. The van der Waals surface area contributed by atoms with E-state index in [4.69, 9.17) is 9.47 Å². The third kappa shape index (κ3) is 3.26. The van der Waals surface area contributed by atoms with E-state index in [9.17, 15) is 9.18 Å².